The number of nitrogens with two attached hydrogens (primary N) is 1. The second-order valence-electron chi connectivity index (χ2n) is 6.71. The lowest BCUT2D eigenvalue weighted by molar-refractivity contribution is -0.127. The minimum atomic E-state index is -0.0999. The average Bonchev–Trinajstić information content (AvgIpc) is 2.73. The number of nitrogens with zero attached hydrogens (tertiary/aromatic N) is 3. The number of rotatable bonds is 5. The van der Waals surface area contributed by atoms with Gasteiger partial charge in [0.25, 0.3) is 5.91 Å². The summed E-state index contributed by atoms with van der Waals surface area (Å²) in [4.78, 5) is 33.4. The van der Waals surface area contributed by atoms with Gasteiger partial charge in [-0.3, -0.25) is 14.6 Å². The SMILES string of the molecule is C=C/C=C(\C=C/N)C(=O)N1CCN(c2c(C(C)=O)cc(Cl)c3cccnc23)CC1. The van der Waals surface area contributed by atoms with Gasteiger partial charge >= 0.3 is 0 Å². The molecule has 0 spiro atoms. The first-order valence-corrected chi connectivity index (χ1v) is 9.69. The van der Waals surface area contributed by atoms with Crippen molar-refractivity contribution in [2.45, 2.75) is 6.92 Å². The lowest BCUT2D eigenvalue weighted by atomic mass is 10.0. The highest BCUT2D eigenvalue weighted by Crippen LogP contribution is 2.35. The highest BCUT2D eigenvalue weighted by atomic mass is 35.5. The quantitative estimate of drug-likeness (QED) is 0.464. The summed E-state index contributed by atoms with van der Waals surface area (Å²) in [7, 11) is 0. The van der Waals surface area contributed by atoms with Crippen LogP contribution in [-0.4, -0.2) is 47.8 Å². The number of fused-ring (bicyclic) bond motifs is 1. The van der Waals surface area contributed by atoms with Crippen LogP contribution in [0.4, 0.5) is 5.69 Å². The molecular formula is C22H23ClN4O2. The zero-order valence-electron chi connectivity index (χ0n) is 16.3. The number of hydrogen-bond acceptors (Lipinski definition) is 5. The van der Waals surface area contributed by atoms with Crippen molar-refractivity contribution < 1.29 is 9.59 Å². The third-order valence-electron chi connectivity index (χ3n) is 4.90. The number of piperazine rings is 1. The molecule has 29 heavy (non-hydrogen) atoms. The van der Waals surface area contributed by atoms with Gasteiger partial charge in [0.15, 0.2) is 5.78 Å². The number of halogens is 1. The third-order valence-corrected chi connectivity index (χ3v) is 5.21. The molecule has 1 saturated heterocycles. The molecule has 2 heterocycles. The number of pyridine rings is 1. The Morgan fingerprint density at radius 3 is 2.62 bits per heavy atom. The zero-order valence-corrected chi connectivity index (χ0v) is 17.0. The summed E-state index contributed by atoms with van der Waals surface area (Å²) in [6, 6.07) is 5.42. The molecule has 0 atom stereocenters. The molecule has 0 saturated carbocycles. The first kappa shape index (κ1) is 20.6. The van der Waals surface area contributed by atoms with E-state index < -0.39 is 0 Å². The molecule has 150 valence electrons. The molecule has 1 aromatic carbocycles. The van der Waals surface area contributed by atoms with Gasteiger partial charge in [0.2, 0.25) is 0 Å². The van der Waals surface area contributed by atoms with Crippen molar-refractivity contribution in [2.75, 3.05) is 31.1 Å². The monoisotopic (exact) mass is 410 g/mol. The maximum Gasteiger partial charge on any atom is 0.254 e. The molecule has 0 unspecified atom stereocenters. The molecule has 1 fully saturated rings. The van der Waals surface area contributed by atoms with E-state index in [2.05, 4.69) is 16.5 Å². The molecule has 0 bridgehead atoms. The fraction of sp³-hybridized carbons (Fsp3) is 0.227. The second kappa shape index (κ2) is 8.92. The first-order chi connectivity index (χ1) is 14.0. The van der Waals surface area contributed by atoms with E-state index in [9.17, 15) is 9.59 Å². The standard InChI is InChI=1S/C22H23ClN4O2/c1-3-5-16(7-8-24)22(29)27-12-10-26(11-13-27)21-18(15(2)28)14-19(23)17-6-4-9-25-20(17)21/h3-9,14H,1,10-13,24H2,2H3/b8-7-,16-5+. The highest BCUT2D eigenvalue weighted by molar-refractivity contribution is 6.36. The van der Waals surface area contributed by atoms with Crippen molar-refractivity contribution in [1.82, 2.24) is 9.88 Å². The summed E-state index contributed by atoms with van der Waals surface area (Å²) in [5, 5.41) is 1.31. The topological polar surface area (TPSA) is 79.5 Å². The normalized spacial score (nSPS) is 15.2. The van der Waals surface area contributed by atoms with E-state index in [4.69, 9.17) is 17.3 Å². The van der Waals surface area contributed by atoms with Gasteiger partial charge in [-0.25, -0.2) is 0 Å². The van der Waals surface area contributed by atoms with Crippen LogP contribution in [0.1, 0.15) is 17.3 Å². The Hall–Kier alpha value is -3.12. The maximum absolute atomic E-state index is 12.8. The number of carbonyl (C=O) groups is 2. The van der Waals surface area contributed by atoms with Gasteiger partial charge < -0.3 is 15.5 Å². The van der Waals surface area contributed by atoms with Crippen LogP contribution in [0.25, 0.3) is 10.9 Å². The van der Waals surface area contributed by atoms with Gasteiger partial charge in [0.1, 0.15) is 0 Å². The fourth-order valence-corrected chi connectivity index (χ4v) is 3.78. The largest absolute Gasteiger partial charge is 0.405 e. The summed E-state index contributed by atoms with van der Waals surface area (Å²) < 4.78 is 0. The Morgan fingerprint density at radius 2 is 2.00 bits per heavy atom. The van der Waals surface area contributed by atoms with E-state index in [0.29, 0.717) is 47.9 Å². The van der Waals surface area contributed by atoms with Crippen molar-refractivity contribution >= 4 is 39.9 Å². The Bertz CT molecular complexity index is 1020. The summed E-state index contributed by atoms with van der Waals surface area (Å²) in [5.74, 6) is -0.172. The average molecular weight is 411 g/mol. The lowest BCUT2D eigenvalue weighted by Crippen LogP contribution is -2.49. The third kappa shape index (κ3) is 4.17. The van der Waals surface area contributed by atoms with Crippen LogP contribution in [0.5, 0.6) is 0 Å². The van der Waals surface area contributed by atoms with Crippen LogP contribution in [0.3, 0.4) is 0 Å². The molecule has 1 amide bonds. The van der Waals surface area contributed by atoms with Gasteiger partial charge in [0, 0.05) is 48.9 Å². The van der Waals surface area contributed by atoms with E-state index in [1.165, 1.54) is 13.1 Å². The minimum absolute atomic E-state index is 0.0720. The number of benzene rings is 1. The molecular weight excluding hydrogens is 388 g/mol. The molecule has 2 aromatic rings. The first-order valence-electron chi connectivity index (χ1n) is 9.31. The molecule has 1 aliphatic rings. The molecule has 2 N–H and O–H groups in total. The molecule has 3 rings (SSSR count). The van der Waals surface area contributed by atoms with Crippen molar-refractivity contribution in [1.29, 1.82) is 0 Å². The highest BCUT2D eigenvalue weighted by Gasteiger charge is 2.27. The molecule has 1 aromatic heterocycles. The van der Waals surface area contributed by atoms with Crippen molar-refractivity contribution in [3.05, 3.63) is 71.6 Å². The number of ketones is 1. The van der Waals surface area contributed by atoms with Gasteiger partial charge in [-0.05, 0) is 43.5 Å². The Kier molecular flexibility index (Phi) is 6.34. The van der Waals surface area contributed by atoms with Gasteiger partial charge in [0.05, 0.1) is 16.2 Å². The predicted molar refractivity (Wildman–Crippen MR) is 117 cm³/mol. The summed E-state index contributed by atoms with van der Waals surface area (Å²) in [6.07, 6.45) is 7.81. The van der Waals surface area contributed by atoms with E-state index in [1.54, 1.807) is 35.4 Å². The van der Waals surface area contributed by atoms with Crippen molar-refractivity contribution in [3.63, 3.8) is 0 Å². The van der Waals surface area contributed by atoms with Crippen LogP contribution in [0, 0.1) is 0 Å². The van der Waals surface area contributed by atoms with Gasteiger partial charge in [-0.1, -0.05) is 24.3 Å². The van der Waals surface area contributed by atoms with E-state index in [1.807, 2.05) is 12.1 Å². The number of anilines is 1. The van der Waals surface area contributed by atoms with Gasteiger partial charge in [-0.15, -0.1) is 0 Å². The molecule has 0 radical (unpaired) electrons. The zero-order chi connectivity index (χ0) is 21.0. The number of hydrogen-bond donors (Lipinski definition) is 1. The smallest absolute Gasteiger partial charge is 0.254 e. The van der Waals surface area contributed by atoms with Gasteiger partial charge in [-0.2, -0.15) is 0 Å². The van der Waals surface area contributed by atoms with E-state index in [0.717, 1.165) is 11.1 Å². The maximum atomic E-state index is 12.8. The molecule has 6 nitrogen and oxygen atoms in total. The fourth-order valence-electron chi connectivity index (χ4n) is 3.52. The van der Waals surface area contributed by atoms with E-state index >= 15 is 0 Å². The molecule has 7 heteroatoms. The van der Waals surface area contributed by atoms with Crippen LogP contribution < -0.4 is 10.6 Å². The van der Waals surface area contributed by atoms with Crippen LogP contribution >= 0.6 is 11.6 Å². The van der Waals surface area contributed by atoms with Crippen LogP contribution in [-0.2, 0) is 4.79 Å². The number of allylic oxidation sites excluding steroid dienone is 2. The number of amides is 1. The Labute approximate surface area is 174 Å². The summed E-state index contributed by atoms with van der Waals surface area (Å²) in [6.45, 7) is 7.35. The Morgan fingerprint density at radius 1 is 1.28 bits per heavy atom. The number of carbonyl (C=O) groups excluding carboxylic acids is 2. The molecule has 0 aliphatic carbocycles. The number of Topliss-reactive ketones (excluding diaryl/α,β-unsaturated/α-hetero) is 1. The van der Waals surface area contributed by atoms with Crippen LogP contribution in [0.15, 0.2) is 61.0 Å². The summed E-state index contributed by atoms with van der Waals surface area (Å²) in [5.41, 5.74) is 7.95. The van der Waals surface area contributed by atoms with E-state index in [-0.39, 0.29) is 11.7 Å². The van der Waals surface area contributed by atoms with Crippen molar-refractivity contribution in [3.8, 4) is 0 Å². The summed E-state index contributed by atoms with van der Waals surface area (Å²) >= 11 is 6.38. The Balaban J connectivity index is 1.91. The second-order valence-corrected chi connectivity index (χ2v) is 7.11. The predicted octanol–water partition coefficient (Wildman–Crippen LogP) is 3.32. The van der Waals surface area contributed by atoms with Crippen LogP contribution in [0.2, 0.25) is 5.02 Å². The van der Waals surface area contributed by atoms with Crippen molar-refractivity contribution in [2.24, 2.45) is 5.73 Å². The molecule has 1 aliphatic heterocycles. The minimum Gasteiger partial charge on any atom is -0.405 e. The lowest BCUT2D eigenvalue weighted by Gasteiger charge is -2.37. The number of aromatic nitrogens is 1.